The Morgan fingerprint density at radius 1 is 1.16 bits per heavy atom. The summed E-state index contributed by atoms with van der Waals surface area (Å²) < 4.78 is 1.81. The zero-order valence-corrected chi connectivity index (χ0v) is 18.7. The smallest absolute Gasteiger partial charge is 0.274 e. The van der Waals surface area contributed by atoms with Gasteiger partial charge in [0.1, 0.15) is 5.69 Å². The van der Waals surface area contributed by atoms with Crippen molar-refractivity contribution in [2.24, 2.45) is 0 Å². The molecule has 3 aromatic rings. The summed E-state index contributed by atoms with van der Waals surface area (Å²) >= 11 is 0. The second-order valence-corrected chi connectivity index (χ2v) is 8.37. The molecule has 8 heteroatoms. The van der Waals surface area contributed by atoms with Gasteiger partial charge in [-0.2, -0.15) is 10.2 Å². The molecule has 0 spiro atoms. The van der Waals surface area contributed by atoms with E-state index in [1.807, 2.05) is 53.2 Å². The normalized spacial score (nSPS) is 14.5. The molecule has 2 aromatic heterocycles. The Morgan fingerprint density at radius 3 is 2.62 bits per heavy atom. The number of nitrogens with one attached hydrogen (secondary N) is 1. The third-order valence-corrected chi connectivity index (χ3v) is 6.01. The van der Waals surface area contributed by atoms with Gasteiger partial charge in [-0.1, -0.05) is 37.3 Å². The van der Waals surface area contributed by atoms with E-state index in [0.29, 0.717) is 30.9 Å². The molecule has 0 bridgehead atoms. The zero-order valence-electron chi connectivity index (χ0n) is 18.7. The minimum atomic E-state index is -0.0439. The summed E-state index contributed by atoms with van der Waals surface area (Å²) in [5, 5.41) is 11.6. The van der Waals surface area contributed by atoms with Crippen molar-refractivity contribution in [2.75, 3.05) is 20.1 Å². The predicted molar refractivity (Wildman–Crippen MR) is 121 cm³/mol. The van der Waals surface area contributed by atoms with Crippen LogP contribution in [-0.2, 0) is 13.1 Å². The van der Waals surface area contributed by atoms with Crippen LogP contribution in [0.15, 0.2) is 48.8 Å². The SMILES string of the molecule is CCCn1ccc(C(=O)N2CCC(c3[nH]ncc3C(=O)N(C)Cc3ccccc3)CC2)n1. The molecule has 1 aliphatic rings. The molecule has 3 heterocycles. The highest BCUT2D eigenvalue weighted by Gasteiger charge is 2.30. The van der Waals surface area contributed by atoms with Gasteiger partial charge in [0.25, 0.3) is 11.8 Å². The maximum atomic E-state index is 13.1. The number of rotatable bonds is 7. The molecule has 168 valence electrons. The van der Waals surface area contributed by atoms with Gasteiger partial charge in [-0.15, -0.1) is 0 Å². The molecule has 0 unspecified atom stereocenters. The monoisotopic (exact) mass is 434 g/mol. The fourth-order valence-electron chi connectivity index (χ4n) is 4.28. The van der Waals surface area contributed by atoms with Gasteiger partial charge >= 0.3 is 0 Å². The van der Waals surface area contributed by atoms with Crippen LogP contribution in [0.5, 0.6) is 0 Å². The van der Waals surface area contributed by atoms with Gasteiger partial charge in [0, 0.05) is 45.3 Å². The Morgan fingerprint density at radius 2 is 1.91 bits per heavy atom. The lowest BCUT2D eigenvalue weighted by molar-refractivity contribution is 0.0700. The first kappa shape index (κ1) is 21.8. The summed E-state index contributed by atoms with van der Waals surface area (Å²) in [5.41, 5.74) is 3.07. The van der Waals surface area contributed by atoms with E-state index in [1.165, 1.54) is 0 Å². The highest BCUT2D eigenvalue weighted by molar-refractivity contribution is 5.95. The lowest BCUT2D eigenvalue weighted by Crippen LogP contribution is -2.38. The van der Waals surface area contributed by atoms with Crippen LogP contribution in [0.3, 0.4) is 0 Å². The molecule has 4 rings (SSSR count). The molecule has 1 aliphatic heterocycles. The van der Waals surface area contributed by atoms with Crippen molar-refractivity contribution >= 4 is 11.8 Å². The van der Waals surface area contributed by atoms with E-state index in [2.05, 4.69) is 22.2 Å². The Kier molecular flexibility index (Phi) is 6.68. The zero-order chi connectivity index (χ0) is 22.5. The number of nitrogens with zero attached hydrogens (tertiary/aromatic N) is 5. The number of carbonyl (C=O) groups excluding carboxylic acids is 2. The molecular formula is C24H30N6O2. The van der Waals surface area contributed by atoms with Gasteiger partial charge < -0.3 is 9.80 Å². The second kappa shape index (κ2) is 9.80. The number of benzene rings is 1. The quantitative estimate of drug-likeness (QED) is 0.618. The van der Waals surface area contributed by atoms with Crippen LogP contribution in [0.25, 0.3) is 0 Å². The van der Waals surface area contributed by atoms with Crippen LogP contribution in [0, 0.1) is 0 Å². The number of hydrogen-bond donors (Lipinski definition) is 1. The minimum Gasteiger partial charge on any atom is -0.337 e. The van der Waals surface area contributed by atoms with Crippen molar-refractivity contribution in [1.82, 2.24) is 29.8 Å². The summed E-state index contributed by atoms with van der Waals surface area (Å²) in [6, 6.07) is 11.7. The molecule has 32 heavy (non-hydrogen) atoms. The number of aromatic amines is 1. The van der Waals surface area contributed by atoms with E-state index in [1.54, 1.807) is 17.2 Å². The molecule has 0 radical (unpaired) electrons. The molecule has 0 aliphatic carbocycles. The Bertz CT molecular complexity index is 1050. The van der Waals surface area contributed by atoms with Crippen LogP contribution in [0.2, 0.25) is 0 Å². The number of aryl methyl sites for hydroxylation is 1. The van der Waals surface area contributed by atoms with E-state index in [9.17, 15) is 9.59 Å². The predicted octanol–water partition coefficient (Wildman–Crippen LogP) is 3.31. The highest BCUT2D eigenvalue weighted by Crippen LogP contribution is 2.30. The lowest BCUT2D eigenvalue weighted by atomic mass is 9.91. The summed E-state index contributed by atoms with van der Waals surface area (Å²) in [6.45, 7) is 4.71. The minimum absolute atomic E-state index is 0.0261. The van der Waals surface area contributed by atoms with Gasteiger partial charge in [0.2, 0.25) is 0 Å². The molecule has 1 fully saturated rings. The number of aromatic nitrogens is 4. The Hall–Kier alpha value is -3.42. The van der Waals surface area contributed by atoms with Gasteiger partial charge in [0.15, 0.2) is 0 Å². The largest absolute Gasteiger partial charge is 0.337 e. The van der Waals surface area contributed by atoms with E-state index in [0.717, 1.165) is 37.1 Å². The molecular weight excluding hydrogens is 404 g/mol. The van der Waals surface area contributed by atoms with Crippen molar-refractivity contribution in [1.29, 1.82) is 0 Å². The molecule has 0 atom stereocenters. The fraction of sp³-hybridized carbons (Fsp3) is 0.417. The van der Waals surface area contributed by atoms with Crippen molar-refractivity contribution < 1.29 is 9.59 Å². The lowest BCUT2D eigenvalue weighted by Gasteiger charge is -2.31. The van der Waals surface area contributed by atoms with Crippen LogP contribution in [-0.4, -0.2) is 61.7 Å². The first-order valence-corrected chi connectivity index (χ1v) is 11.2. The third kappa shape index (κ3) is 4.74. The molecule has 1 aromatic carbocycles. The highest BCUT2D eigenvalue weighted by atomic mass is 16.2. The number of hydrogen-bond acceptors (Lipinski definition) is 4. The van der Waals surface area contributed by atoms with Crippen LogP contribution in [0.1, 0.15) is 64.2 Å². The van der Waals surface area contributed by atoms with E-state index < -0.39 is 0 Å². The van der Waals surface area contributed by atoms with Gasteiger partial charge in [-0.3, -0.25) is 19.4 Å². The topological polar surface area (TPSA) is 87.1 Å². The standard InChI is InChI=1S/C24H30N6O2/c1-3-12-30-15-11-21(27-30)24(32)29-13-9-19(10-14-29)22-20(16-25-26-22)23(31)28(2)17-18-7-5-4-6-8-18/h4-8,11,15-16,19H,3,9-10,12-14,17H2,1-2H3,(H,25,26). The Labute approximate surface area is 188 Å². The third-order valence-electron chi connectivity index (χ3n) is 6.01. The summed E-state index contributed by atoms with van der Waals surface area (Å²) in [5.74, 6) is 0.0997. The number of carbonyl (C=O) groups is 2. The maximum Gasteiger partial charge on any atom is 0.274 e. The fourth-order valence-corrected chi connectivity index (χ4v) is 4.28. The van der Waals surface area contributed by atoms with Crippen LogP contribution < -0.4 is 0 Å². The average molecular weight is 435 g/mol. The van der Waals surface area contributed by atoms with E-state index in [4.69, 9.17) is 0 Å². The molecule has 1 saturated heterocycles. The summed E-state index contributed by atoms with van der Waals surface area (Å²) in [4.78, 5) is 29.5. The van der Waals surface area contributed by atoms with Crippen LogP contribution in [0.4, 0.5) is 0 Å². The summed E-state index contributed by atoms with van der Waals surface area (Å²) in [6.07, 6.45) is 6.03. The first-order valence-electron chi connectivity index (χ1n) is 11.2. The summed E-state index contributed by atoms with van der Waals surface area (Å²) in [7, 11) is 1.81. The Balaban J connectivity index is 1.37. The van der Waals surface area contributed by atoms with Gasteiger partial charge in [0.05, 0.1) is 17.5 Å². The van der Waals surface area contributed by atoms with Crippen molar-refractivity contribution in [3.05, 3.63) is 71.3 Å². The van der Waals surface area contributed by atoms with Crippen molar-refractivity contribution in [2.45, 2.75) is 45.2 Å². The van der Waals surface area contributed by atoms with Gasteiger partial charge in [-0.05, 0) is 30.9 Å². The molecule has 1 N–H and O–H groups in total. The van der Waals surface area contributed by atoms with E-state index >= 15 is 0 Å². The molecule has 2 amide bonds. The maximum absolute atomic E-state index is 13.1. The van der Waals surface area contributed by atoms with Crippen molar-refractivity contribution in [3.8, 4) is 0 Å². The second-order valence-electron chi connectivity index (χ2n) is 8.37. The van der Waals surface area contributed by atoms with E-state index in [-0.39, 0.29) is 17.7 Å². The van der Waals surface area contributed by atoms with Crippen molar-refractivity contribution in [3.63, 3.8) is 0 Å². The molecule has 0 saturated carbocycles. The average Bonchev–Trinajstić information content (AvgIpc) is 3.49. The van der Waals surface area contributed by atoms with Crippen LogP contribution >= 0.6 is 0 Å². The number of amides is 2. The molecule has 8 nitrogen and oxygen atoms in total. The number of H-pyrrole nitrogens is 1. The number of piperidine rings is 1. The number of likely N-dealkylation sites (tertiary alicyclic amines) is 1. The van der Waals surface area contributed by atoms with Gasteiger partial charge in [-0.25, -0.2) is 0 Å². The first-order chi connectivity index (χ1) is 15.6.